The first-order valence-corrected chi connectivity index (χ1v) is 9.59. The molecule has 0 aliphatic carbocycles. The van der Waals surface area contributed by atoms with Crippen molar-refractivity contribution in [1.29, 1.82) is 0 Å². The molecule has 3 aromatic rings. The minimum absolute atomic E-state index is 0.000679. The maximum absolute atomic E-state index is 12.9. The Bertz CT molecular complexity index is 1060. The Morgan fingerprint density at radius 2 is 1.52 bits per heavy atom. The number of benzene rings is 3. The number of anilines is 2. The predicted molar refractivity (Wildman–Crippen MR) is 103 cm³/mol. The summed E-state index contributed by atoms with van der Waals surface area (Å²) in [5.41, 5.74) is 2.20. The lowest BCUT2D eigenvalue weighted by atomic mass is 10.1. The van der Waals surface area contributed by atoms with Crippen LogP contribution >= 0.6 is 0 Å². The first-order chi connectivity index (χ1) is 12.8. The molecular formula is C20H17FN2O3S. The van der Waals surface area contributed by atoms with Crippen LogP contribution < -0.4 is 10.0 Å². The van der Waals surface area contributed by atoms with Crippen molar-refractivity contribution in [2.24, 2.45) is 0 Å². The summed E-state index contributed by atoms with van der Waals surface area (Å²) in [5, 5.41) is 2.79. The van der Waals surface area contributed by atoms with E-state index < -0.39 is 15.8 Å². The monoisotopic (exact) mass is 384 g/mol. The molecule has 5 nitrogen and oxygen atoms in total. The van der Waals surface area contributed by atoms with Gasteiger partial charge < -0.3 is 5.32 Å². The van der Waals surface area contributed by atoms with E-state index >= 15 is 0 Å². The number of para-hydroxylation sites is 1. The zero-order valence-electron chi connectivity index (χ0n) is 14.4. The van der Waals surface area contributed by atoms with Gasteiger partial charge in [-0.2, -0.15) is 0 Å². The van der Waals surface area contributed by atoms with Gasteiger partial charge in [0, 0.05) is 16.9 Å². The maximum atomic E-state index is 12.9. The number of aryl methyl sites for hydroxylation is 1. The van der Waals surface area contributed by atoms with Gasteiger partial charge in [-0.25, -0.2) is 12.8 Å². The van der Waals surface area contributed by atoms with Crippen molar-refractivity contribution in [3.8, 4) is 0 Å². The Labute approximate surface area is 156 Å². The SMILES string of the molecule is Cc1ccccc1NC(=O)c1ccc(S(=O)(=O)Nc2ccc(F)cc2)cc1. The highest BCUT2D eigenvalue weighted by Gasteiger charge is 2.15. The van der Waals surface area contributed by atoms with E-state index in [1.54, 1.807) is 6.07 Å². The average Bonchev–Trinajstić information content (AvgIpc) is 2.65. The number of hydrogen-bond donors (Lipinski definition) is 2. The molecule has 0 aliphatic rings. The first kappa shape index (κ1) is 18.6. The molecule has 138 valence electrons. The Hall–Kier alpha value is -3.19. The number of carbonyl (C=O) groups excluding carboxylic acids is 1. The van der Waals surface area contributed by atoms with E-state index in [9.17, 15) is 17.6 Å². The maximum Gasteiger partial charge on any atom is 0.261 e. The summed E-state index contributed by atoms with van der Waals surface area (Å²) in [6.45, 7) is 1.88. The molecular weight excluding hydrogens is 367 g/mol. The van der Waals surface area contributed by atoms with Gasteiger partial charge >= 0.3 is 0 Å². The highest BCUT2D eigenvalue weighted by Crippen LogP contribution is 2.18. The van der Waals surface area contributed by atoms with Crippen LogP contribution in [0.5, 0.6) is 0 Å². The molecule has 0 atom stereocenters. The fourth-order valence-electron chi connectivity index (χ4n) is 2.43. The van der Waals surface area contributed by atoms with E-state index in [1.807, 2.05) is 25.1 Å². The van der Waals surface area contributed by atoms with Gasteiger partial charge in [-0.05, 0) is 67.1 Å². The van der Waals surface area contributed by atoms with Crippen molar-refractivity contribution in [2.75, 3.05) is 10.0 Å². The van der Waals surface area contributed by atoms with Crippen molar-refractivity contribution >= 4 is 27.3 Å². The summed E-state index contributed by atoms with van der Waals surface area (Å²) in [6, 6.07) is 17.9. The normalized spacial score (nSPS) is 11.0. The van der Waals surface area contributed by atoms with Gasteiger partial charge in [0.1, 0.15) is 5.82 Å². The van der Waals surface area contributed by atoms with E-state index in [-0.39, 0.29) is 16.5 Å². The second kappa shape index (κ2) is 7.59. The van der Waals surface area contributed by atoms with E-state index in [2.05, 4.69) is 10.0 Å². The molecule has 0 saturated heterocycles. The minimum Gasteiger partial charge on any atom is -0.322 e. The van der Waals surface area contributed by atoms with E-state index in [0.717, 1.165) is 17.7 Å². The molecule has 3 aromatic carbocycles. The summed E-state index contributed by atoms with van der Waals surface area (Å²) >= 11 is 0. The van der Waals surface area contributed by atoms with Gasteiger partial charge in [0.2, 0.25) is 0 Å². The van der Waals surface area contributed by atoms with Gasteiger partial charge in [-0.3, -0.25) is 9.52 Å². The third-order valence-electron chi connectivity index (χ3n) is 3.92. The standard InChI is InChI=1S/C20H17FN2O3S/c1-14-4-2-3-5-19(14)22-20(24)15-6-12-18(13-7-15)27(25,26)23-17-10-8-16(21)9-11-17/h2-13,23H,1H3,(H,22,24). The Morgan fingerprint density at radius 1 is 0.889 bits per heavy atom. The Kier molecular flexibility index (Phi) is 5.23. The fraction of sp³-hybridized carbons (Fsp3) is 0.0500. The van der Waals surface area contributed by atoms with Gasteiger partial charge in [0.25, 0.3) is 15.9 Å². The molecule has 0 fully saturated rings. The highest BCUT2D eigenvalue weighted by molar-refractivity contribution is 7.92. The molecule has 2 N–H and O–H groups in total. The largest absolute Gasteiger partial charge is 0.322 e. The average molecular weight is 384 g/mol. The number of carbonyl (C=O) groups is 1. The fourth-order valence-corrected chi connectivity index (χ4v) is 3.48. The molecule has 0 radical (unpaired) electrons. The molecule has 0 aromatic heterocycles. The summed E-state index contributed by atoms with van der Waals surface area (Å²) in [5.74, 6) is -0.790. The van der Waals surface area contributed by atoms with Gasteiger partial charge in [-0.1, -0.05) is 18.2 Å². The van der Waals surface area contributed by atoms with Crippen molar-refractivity contribution in [3.63, 3.8) is 0 Å². The predicted octanol–water partition coefficient (Wildman–Crippen LogP) is 4.19. The smallest absolute Gasteiger partial charge is 0.261 e. The summed E-state index contributed by atoms with van der Waals surface area (Å²) < 4.78 is 40.1. The molecule has 0 bridgehead atoms. The second-order valence-electron chi connectivity index (χ2n) is 5.91. The molecule has 27 heavy (non-hydrogen) atoms. The number of rotatable bonds is 5. The van der Waals surface area contributed by atoms with Crippen LogP contribution in [0, 0.1) is 12.7 Å². The van der Waals surface area contributed by atoms with Crippen LogP contribution in [0.1, 0.15) is 15.9 Å². The molecule has 0 unspecified atom stereocenters. The van der Waals surface area contributed by atoms with Crippen LogP contribution in [0.3, 0.4) is 0 Å². The third kappa shape index (κ3) is 4.51. The number of nitrogens with one attached hydrogen (secondary N) is 2. The van der Waals surface area contributed by atoms with Crippen molar-refractivity contribution in [3.05, 3.63) is 89.7 Å². The summed E-state index contributed by atoms with van der Waals surface area (Å²) in [7, 11) is -3.84. The van der Waals surface area contributed by atoms with Gasteiger partial charge in [0.15, 0.2) is 0 Å². The van der Waals surface area contributed by atoms with Gasteiger partial charge in [-0.15, -0.1) is 0 Å². The second-order valence-corrected chi connectivity index (χ2v) is 7.59. The molecule has 0 aliphatic heterocycles. The van der Waals surface area contributed by atoms with E-state index in [1.165, 1.54) is 36.4 Å². The van der Waals surface area contributed by atoms with Gasteiger partial charge in [0.05, 0.1) is 4.90 Å². The topological polar surface area (TPSA) is 75.3 Å². The number of amides is 1. The lowest BCUT2D eigenvalue weighted by Crippen LogP contribution is -2.15. The number of sulfonamides is 1. The number of hydrogen-bond acceptors (Lipinski definition) is 3. The van der Waals surface area contributed by atoms with Crippen LogP contribution in [0.25, 0.3) is 0 Å². The highest BCUT2D eigenvalue weighted by atomic mass is 32.2. The van der Waals surface area contributed by atoms with Crippen LogP contribution in [-0.2, 0) is 10.0 Å². The van der Waals surface area contributed by atoms with Crippen LogP contribution in [0.2, 0.25) is 0 Å². The Balaban J connectivity index is 1.75. The molecule has 3 rings (SSSR count). The van der Waals surface area contributed by atoms with Crippen molar-refractivity contribution in [2.45, 2.75) is 11.8 Å². The zero-order chi connectivity index (χ0) is 19.4. The summed E-state index contributed by atoms with van der Waals surface area (Å²) in [4.78, 5) is 12.3. The summed E-state index contributed by atoms with van der Waals surface area (Å²) in [6.07, 6.45) is 0. The van der Waals surface area contributed by atoms with Crippen molar-refractivity contribution < 1.29 is 17.6 Å². The van der Waals surface area contributed by atoms with Crippen LogP contribution in [-0.4, -0.2) is 14.3 Å². The zero-order valence-corrected chi connectivity index (χ0v) is 15.3. The van der Waals surface area contributed by atoms with Crippen LogP contribution in [0.4, 0.5) is 15.8 Å². The lowest BCUT2D eigenvalue weighted by molar-refractivity contribution is 0.102. The molecule has 0 heterocycles. The molecule has 7 heteroatoms. The van der Waals surface area contributed by atoms with Crippen LogP contribution in [0.15, 0.2) is 77.7 Å². The molecule has 0 saturated carbocycles. The third-order valence-corrected chi connectivity index (χ3v) is 5.31. The quantitative estimate of drug-likeness (QED) is 0.693. The van der Waals surface area contributed by atoms with E-state index in [4.69, 9.17) is 0 Å². The molecule has 0 spiro atoms. The first-order valence-electron chi connectivity index (χ1n) is 8.10. The van der Waals surface area contributed by atoms with E-state index in [0.29, 0.717) is 11.3 Å². The molecule has 1 amide bonds. The van der Waals surface area contributed by atoms with Crippen molar-refractivity contribution in [1.82, 2.24) is 0 Å². The lowest BCUT2D eigenvalue weighted by Gasteiger charge is -2.10. The Morgan fingerprint density at radius 3 is 2.15 bits per heavy atom. The minimum atomic E-state index is -3.84. The number of halogens is 1.